The van der Waals surface area contributed by atoms with Gasteiger partial charge in [0.1, 0.15) is 0 Å². The van der Waals surface area contributed by atoms with Crippen molar-refractivity contribution in [1.82, 2.24) is 14.1 Å². The highest BCUT2D eigenvalue weighted by molar-refractivity contribution is 6.14. The number of hydrogen-bond acceptors (Lipinski definition) is 2. The topological polar surface area (TPSA) is 26.0 Å². The number of nitrogens with zero attached hydrogens (tertiary/aromatic N) is 4. The summed E-state index contributed by atoms with van der Waals surface area (Å²) >= 11 is 0. The molecule has 0 aliphatic carbocycles. The first-order valence-corrected chi connectivity index (χ1v) is 16.6. The van der Waals surface area contributed by atoms with Crippen LogP contribution in [0.5, 0.6) is 0 Å². The highest BCUT2D eigenvalue weighted by atomic mass is 15.1. The molecule has 228 valence electrons. The Morgan fingerprint density at radius 2 is 1.10 bits per heavy atom. The van der Waals surface area contributed by atoms with Crippen molar-refractivity contribution in [3.63, 3.8) is 0 Å². The SMILES string of the molecule is CC1(C)c2cnccc2-n2c3ccc(-n4c5ccccc5c5ccccc54)cc3c3cc(N(c4ccccc4)c4ccccc4)cc1c32. The van der Waals surface area contributed by atoms with Crippen LogP contribution in [0.25, 0.3) is 55.0 Å². The van der Waals surface area contributed by atoms with Gasteiger partial charge < -0.3 is 14.0 Å². The maximum Gasteiger partial charge on any atom is 0.0583 e. The van der Waals surface area contributed by atoms with Crippen LogP contribution in [0, 0.1) is 0 Å². The molecule has 9 aromatic rings. The normalized spacial score (nSPS) is 13.4. The van der Waals surface area contributed by atoms with E-state index in [1.165, 1.54) is 60.4 Å². The highest BCUT2D eigenvalue weighted by Crippen LogP contribution is 2.50. The maximum atomic E-state index is 4.63. The molecule has 0 amide bonds. The smallest absolute Gasteiger partial charge is 0.0583 e. The van der Waals surface area contributed by atoms with Gasteiger partial charge in [-0.1, -0.05) is 86.6 Å². The number of para-hydroxylation sites is 4. The minimum atomic E-state index is -0.267. The second-order valence-electron chi connectivity index (χ2n) is 13.3. The van der Waals surface area contributed by atoms with E-state index in [1.807, 2.05) is 6.20 Å². The molecule has 0 spiro atoms. The average Bonchev–Trinajstić information content (AvgIpc) is 3.65. The predicted molar refractivity (Wildman–Crippen MR) is 200 cm³/mol. The Morgan fingerprint density at radius 3 is 1.77 bits per heavy atom. The van der Waals surface area contributed by atoms with E-state index in [9.17, 15) is 0 Å². The summed E-state index contributed by atoms with van der Waals surface area (Å²) in [7, 11) is 0. The van der Waals surface area contributed by atoms with Gasteiger partial charge in [0, 0.05) is 67.7 Å². The van der Waals surface area contributed by atoms with Crippen LogP contribution in [-0.4, -0.2) is 14.1 Å². The van der Waals surface area contributed by atoms with Crippen molar-refractivity contribution in [2.75, 3.05) is 4.90 Å². The van der Waals surface area contributed by atoms with Crippen molar-refractivity contribution in [1.29, 1.82) is 0 Å². The predicted octanol–water partition coefficient (Wildman–Crippen LogP) is 11.4. The Balaban J connectivity index is 1.33. The van der Waals surface area contributed by atoms with E-state index >= 15 is 0 Å². The van der Waals surface area contributed by atoms with Gasteiger partial charge in [-0.05, 0) is 78.4 Å². The molecule has 48 heavy (non-hydrogen) atoms. The summed E-state index contributed by atoms with van der Waals surface area (Å²) in [6.45, 7) is 4.68. The van der Waals surface area contributed by atoms with Crippen molar-refractivity contribution in [3.05, 3.63) is 169 Å². The molecule has 4 heteroatoms. The lowest BCUT2D eigenvalue weighted by molar-refractivity contribution is 0.626. The highest BCUT2D eigenvalue weighted by Gasteiger charge is 2.36. The lowest BCUT2D eigenvalue weighted by Gasteiger charge is -2.35. The third-order valence-corrected chi connectivity index (χ3v) is 10.3. The van der Waals surface area contributed by atoms with Gasteiger partial charge in [0.15, 0.2) is 0 Å². The van der Waals surface area contributed by atoms with E-state index in [0.29, 0.717) is 0 Å². The van der Waals surface area contributed by atoms with E-state index in [4.69, 9.17) is 0 Å². The van der Waals surface area contributed by atoms with E-state index < -0.39 is 0 Å². The fourth-order valence-corrected chi connectivity index (χ4v) is 8.13. The molecule has 6 aromatic carbocycles. The summed E-state index contributed by atoms with van der Waals surface area (Å²) in [4.78, 5) is 7.01. The zero-order valence-corrected chi connectivity index (χ0v) is 26.8. The molecule has 0 N–H and O–H groups in total. The lowest BCUT2D eigenvalue weighted by atomic mass is 9.75. The molecule has 0 saturated heterocycles. The zero-order valence-electron chi connectivity index (χ0n) is 26.8. The Morgan fingerprint density at radius 1 is 0.500 bits per heavy atom. The van der Waals surface area contributed by atoms with Gasteiger partial charge in [0.2, 0.25) is 0 Å². The summed E-state index contributed by atoms with van der Waals surface area (Å²) < 4.78 is 4.89. The molecule has 4 heterocycles. The van der Waals surface area contributed by atoms with Crippen molar-refractivity contribution >= 4 is 60.7 Å². The first kappa shape index (κ1) is 27.0. The van der Waals surface area contributed by atoms with E-state index in [2.05, 4.69) is 185 Å². The third kappa shape index (κ3) is 3.68. The number of fused-ring (bicyclic) bond motifs is 8. The van der Waals surface area contributed by atoms with Crippen molar-refractivity contribution in [3.8, 4) is 11.4 Å². The Bertz CT molecular complexity index is 2600. The van der Waals surface area contributed by atoms with Crippen LogP contribution in [0.15, 0.2) is 158 Å². The van der Waals surface area contributed by atoms with E-state index in [1.54, 1.807) is 0 Å². The number of pyridine rings is 1. The second kappa shape index (κ2) is 9.93. The maximum absolute atomic E-state index is 4.63. The number of benzene rings is 6. The standard InChI is InChI=1S/C44H32N4/c1-44(2)37-27-32(46(29-13-5-3-6-14-29)30-15-7-4-8-16-30)26-36-35-25-31(21-22-41(35)48(43(36)37)42-23-24-45-28-38(42)44)47-39-19-11-9-17-33(39)34-18-10-12-20-40(34)47/h3-28H,1-2H3. The molecule has 0 unspecified atom stereocenters. The number of anilines is 3. The summed E-state index contributed by atoms with van der Waals surface area (Å²) in [5.41, 5.74) is 12.9. The van der Waals surface area contributed by atoms with Crippen LogP contribution >= 0.6 is 0 Å². The molecule has 0 bridgehead atoms. The second-order valence-corrected chi connectivity index (χ2v) is 13.3. The first-order valence-electron chi connectivity index (χ1n) is 16.6. The summed E-state index contributed by atoms with van der Waals surface area (Å²) in [5, 5.41) is 5.01. The minimum absolute atomic E-state index is 0.267. The van der Waals surface area contributed by atoms with Crippen LogP contribution in [0.3, 0.4) is 0 Å². The van der Waals surface area contributed by atoms with Crippen molar-refractivity contribution in [2.45, 2.75) is 19.3 Å². The van der Waals surface area contributed by atoms with Gasteiger partial charge in [0.25, 0.3) is 0 Å². The average molecular weight is 617 g/mol. The molecule has 0 fully saturated rings. The van der Waals surface area contributed by atoms with Gasteiger partial charge >= 0.3 is 0 Å². The summed E-state index contributed by atoms with van der Waals surface area (Å²) in [5.74, 6) is 0. The van der Waals surface area contributed by atoms with Gasteiger partial charge in [-0.25, -0.2) is 0 Å². The van der Waals surface area contributed by atoms with Crippen LogP contribution in [-0.2, 0) is 5.41 Å². The molecule has 0 saturated carbocycles. The molecule has 4 nitrogen and oxygen atoms in total. The number of hydrogen-bond donors (Lipinski definition) is 0. The van der Waals surface area contributed by atoms with E-state index in [-0.39, 0.29) is 5.41 Å². The molecule has 0 atom stereocenters. The number of aromatic nitrogens is 3. The van der Waals surface area contributed by atoms with Gasteiger partial charge in [0.05, 0.1) is 27.8 Å². The summed E-state index contributed by atoms with van der Waals surface area (Å²) in [6.07, 6.45) is 3.98. The largest absolute Gasteiger partial charge is 0.310 e. The van der Waals surface area contributed by atoms with Crippen LogP contribution < -0.4 is 4.90 Å². The summed E-state index contributed by atoms with van der Waals surface area (Å²) in [6, 6.07) is 52.8. The lowest BCUT2D eigenvalue weighted by Crippen LogP contribution is -2.27. The van der Waals surface area contributed by atoms with Gasteiger partial charge in [-0.15, -0.1) is 0 Å². The monoisotopic (exact) mass is 616 g/mol. The molecular formula is C44H32N4. The third-order valence-electron chi connectivity index (χ3n) is 10.3. The fourth-order valence-electron chi connectivity index (χ4n) is 8.13. The molecule has 1 aliphatic rings. The van der Waals surface area contributed by atoms with Crippen molar-refractivity contribution in [2.24, 2.45) is 0 Å². The molecular weight excluding hydrogens is 585 g/mol. The quantitative estimate of drug-likeness (QED) is 0.197. The molecule has 1 aliphatic heterocycles. The zero-order chi connectivity index (χ0) is 32.0. The Hall–Kier alpha value is -6.13. The number of rotatable bonds is 4. The molecule has 3 aromatic heterocycles. The van der Waals surface area contributed by atoms with Crippen LogP contribution in [0.4, 0.5) is 17.1 Å². The fraction of sp³-hybridized carbons (Fsp3) is 0.0682. The van der Waals surface area contributed by atoms with Gasteiger partial charge in [-0.2, -0.15) is 0 Å². The minimum Gasteiger partial charge on any atom is -0.310 e. The molecule has 10 rings (SSSR count). The van der Waals surface area contributed by atoms with E-state index in [0.717, 1.165) is 22.7 Å². The molecule has 0 radical (unpaired) electrons. The van der Waals surface area contributed by atoms with Gasteiger partial charge in [-0.3, -0.25) is 4.98 Å². The Kier molecular flexibility index (Phi) is 5.59. The first-order chi connectivity index (χ1) is 23.6. The van der Waals surface area contributed by atoms with Crippen LogP contribution in [0.1, 0.15) is 25.0 Å². The van der Waals surface area contributed by atoms with Crippen molar-refractivity contribution < 1.29 is 0 Å². The Labute approximate surface area is 278 Å². The van der Waals surface area contributed by atoms with Crippen LogP contribution in [0.2, 0.25) is 0 Å².